The summed E-state index contributed by atoms with van der Waals surface area (Å²) in [7, 11) is 1.27. The first-order chi connectivity index (χ1) is 18.4. The van der Waals surface area contributed by atoms with Gasteiger partial charge in [0.05, 0.1) is 7.11 Å². The topological polar surface area (TPSA) is 129 Å². The lowest BCUT2D eigenvalue weighted by Crippen LogP contribution is -2.39. The Morgan fingerprint density at radius 1 is 1.13 bits per heavy atom. The molecule has 1 aliphatic rings. The minimum absolute atomic E-state index is 0.185. The molecule has 4 rings (SSSR count). The molecule has 0 bridgehead atoms. The van der Waals surface area contributed by atoms with Crippen molar-refractivity contribution in [2.75, 3.05) is 24.3 Å². The number of anilines is 2. The smallest absolute Gasteiger partial charge is 0.328 e. The van der Waals surface area contributed by atoms with E-state index < -0.39 is 17.9 Å². The molecule has 0 aliphatic heterocycles. The molecule has 1 fully saturated rings. The molecule has 1 heterocycles. The third-order valence-corrected chi connectivity index (χ3v) is 6.81. The predicted molar refractivity (Wildman–Crippen MR) is 148 cm³/mol. The van der Waals surface area contributed by atoms with Crippen molar-refractivity contribution in [2.24, 2.45) is 0 Å². The monoisotopic (exact) mass is 534 g/mol. The summed E-state index contributed by atoms with van der Waals surface area (Å²) in [5.74, 6) is -0.692. The highest BCUT2D eigenvalue weighted by Gasteiger charge is 2.24. The Balaban J connectivity index is 1.61. The number of ether oxygens (including phenoxy) is 1. The Hall–Kier alpha value is -3.98. The number of methoxy groups -OCH3 is 1. The van der Waals surface area contributed by atoms with Gasteiger partial charge in [-0.15, -0.1) is 0 Å². The largest absolute Gasteiger partial charge is 0.467 e. The van der Waals surface area contributed by atoms with Crippen LogP contribution in [0.15, 0.2) is 60.8 Å². The lowest BCUT2D eigenvalue weighted by molar-refractivity contribution is -0.142. The highest BCUT2D eigenvalue weighted by atomic mass is 35.5. The van der Waals surface area contributed by atoms with E-state index in [-0.39, 0.29) is 18.0 Å². The fraction of sp³-hybridized carbons (Fsp3) is 0.321. The van der Waals surface area contributed by atoms with Crippen LogP contribution in [0.3, 0.4) is 0 Å². The van der Waals surface area contributed by atoms with Crippen molar-refractivity contribution in [1.29, 1.82) is 5.41 Å². The minimum atomic E-state index is -0.844. The molecule has 10 heteroatoms. The number of hydrogen-bond donors (Lipinski definition) is 4. The van der Waals surface area contributed by atoms with Crippen molar-refractivity contribution >= 4 is 41.0 Å². The van der Waals surface area contributed by atoms with Crippen molar-refractivity contribution in [3.8, 4) is 0 Å². The van der Waals surface area contributed by atoms with E-state index in [0.717, 1.165) is 30.4 Å². The van der Waals surface area contributed by atoms with Crippen molar-refractivity contribution in [2.45, 2.75) is 44.2 Å². The molecule has 1 aliphatic carbocycles. The molecule has 0 spiro atoms. The standard InChI is InChI=1S/C28H31ClN6O3/c1-17(27(37)38-2)33-26(36)23-16-32-28(34-21-9-6-10-21)35-25(23)31-15-22(18-7-4-3-5-8-18)24(30)19-11-13-20(29)14-12-19/h3-5,7-8,11-14,16-17,21-22,30H,6,9-10,15H2,1-2H3,(H,33,36)(H2,31,32,34,35). The van der Waals surface area contributed by atoms with Gasteiger partial charge in [-0.3, -0.25) is 4.79 Å². The van der Waals surface area contributed by atoms with Gasteiger partial charge >= 0.3 is 5.97 Å². The molecule has 4 N–H and O–H groups in total. The van der Waals surface area contributed by atoms with Gasteiger partial charge < -0.3 is 26.1 Å². The summed E-state index contributed by atoms with van der Waals surface area (Å²) in [6, 6.07) is 16.3. The SMILES string of the molecule is COC(=O)C(C)NC(=O)c1cnc(NC2CCC2)nc1NCC(C(=N)c1ccc(Cl)cc1)c1ccccc1. The number of benzene rings is 2. The van der Waals surface area contributed by atoms with Crippen LogP contribution in [0.25, 0.3) is 0 Å². The number of rotatable bonds is 11. The van der Waals surface area contributed by atoms with Crippen LogP contribution in [0.2, 0.25) is 5.02 Å². The van der Waals surface area contributed by atoms with Crippen LogP contribution >= 0.6 is 11.6 Å². The summed E-state index contributed by atoms with van der Waals surface area (Å²) in [6.45, 7) is 1.83. The Labute approximate surface area is 226 Å². The van der Waals surface area contributed by atoms with Crippen LogP contribution in [-0.4, -0.2) is 53.3 Å². The van der Waals surface area contributed by atoms with Gasteiger partial charge in [0.2, 0.25) is 5.95 Å². The number of nitrogens with zero attached hydrogens (tertiary/aromatic N) is 2. The van der Waals surface area contributed by atoms with Gasteiger partial charge in [0.25, 0.3) is 5.91 Å². The van der Waals surface area contributed by atoms with Crippen LogP contribution in [0.5, 0.6) is 0 Å². The van der Waals surface area contributed by atoms with E-state index in [1.54, 1.807) is 19.1 Å². The van der Waals surface area contributed by atoms with Crippen LogP contribution in [-0.2, 0) is 9.53 Å². The summed E-state index contributed by atoms with van der Waals surface area (Å²) >= 11 is 6.06. The number of esters is 1. The number of hydrogen-bond acceptors (Lipinski definition) is 8. The number of halogens is 1. The van der Waals surface area contributed by atoms with Crippen LogP contribution in [0.4, 0.5) is 11.8 Å². The van der Waals surface area contributed by atoms with Crippen molar-refractivity contribution in [3.63, 3.8) is 0 Å². The molecule has 2 aromatic carbocycles. The van der Waals surface area contributed by atoms with Crippen LogP contribution in [0.1, 0.15) is 53.6 Å². The third-order valence-electron chi connectivity index (χ3n) is 6.55. The molecule has 1 amide bonds. The lowest BCUT2D eigenvalue weighted by atomic mass is 9.90. The molecule has 1 saturated carbocycles. The van der Waals surface area contributed by atoms with Gasteiger partial charge in [-0.05, 0) is 49.4 Å². The molecule has 0 saturated heterocycles. The van der Waals surface area contributed by atoms with E-state index in [0.29, 0.717) is 28.5 Å². The van der Waals surface area contributed by atoms with Gasteiger partial charge in [-0.1, -0.05) is 54.1 Å². The Bertz CT molecular complexity index is 1280. The van der Waals surface area contributed by atoms with Gasteiger partial charge in [-0.25, -0.2) is 9.78 Å². The second-order valence-electron chi connectivity index (χ2n) is 9.21. The minimum Gasteiger partial charge on any atom is -0.467 e. The zero-order valence-corrected chi connectivity index (χ0v) is 22.1. The second-order valence-corrected chi connectivity index (χ2v) is 9.65. The Morgan fingerprint density at radius 2 is 1.84 bits per heavy atom. The summed E-state index contributed by atoms with van der Waals surface area (Å²) in [4.78, 5) is 33.9. The molecule has 2 unspecified atom stereocenters. The molecule has 9 nitrogen and oxygen atoms in total. The van der Waals surface area contributed by atoms with Crippen LogP contribution < -0.4 is 16.0 Å². The highest BCUT2D eigenvalue weighted by Crippen LogP contribution is 2.26. The summed E-state index contributed by atoms with van der Waals surface area (Å²) in [6.07, 6.45) is 4.68. The van der Waals surface area contributed by atoms with Crippen molar-refractivity contribution in [3.05, 3.63) is 82.5 Å². The fourth-order valence-corrected chi connectivity index (χ4v) is 4.22. The highest BCUT2D eigenvalue weighted by molar-refractivity contribution is 6.30. The molecule has 0 radical (unpaired) electrons. The number of carbonyl (C=O) groups excluding carboxylic acids is 2. The zero-order valence-electron chi connectivity index (χ0n) is 21.3. The quantitative estimate of drug-likeness (QED) is 0.208. The van der Waals surface area contributed by atoms with Crippen molar-refractivity contribution in [1.82, 2.24) is 15.3 Å². The first-order valence-corrected chi connectivity index (χ1v) is 12.9. The maximum absolute atomic E-state index is 13.1. The van der Waals surface area contributed by atoms with Crippen LogP contribution in [0, 0.1) is 5.41 Å². The molecule has 2 atom stereocenters. The third kappa shape index (κ3) is 6.66. The van der Waals surface area contributed by atoms with Gasteiger partial charge in [0.1, 0.15) is 17.4 Å². The van der Waals surface area contributed by atoms with E-state index in [1.807, 2.05) is 42.5 Å². The lowest BCUT2D eigenvalue weighted by Gasteiger charge is -2.27. The number of aromatic nitrogens is 2. The summed E-state index contributed by atoms with van der Waals surface area (Å²) < 4.78 is 4.72. The maximum Gasteiger partial charge on any atom is 0.328 e. The van der Waals surface area contributed by atoms with Crippen molar-refractivity contribution < 1.29 is 14.3 Å². The molecule has 1 aromatic heterocycles. The number of amides is 1. The average Bonchev–Trinajstić information content (AvgIpc) is 2.91. The first-order valence-electron chi connectivity index (χ1n) is 12.5. The van der Waals surface area contributed by atoms with E-state index in [1.165, 1.54) is 13.3 Å². The fourth-order valence-electron chi connectivity index (χ4n) is 4.10. The molecular formula is C28H31ClN6O3. The first kappa shape index (κ1) is 27.1. The predicted octanol–water partition coefficient (Wildman–Crippen LogP) is 4.65. The van der Waals surface area contributed by atoms with E-state index >= 15 is 0 Å². The summed E-state index contributed by atoms with van der Waals surface area (Å²) in [5, 5.41) is 18.8. The number of carbonyl (C=O) groups is 2. The van der Waals surface area contributed by atoms with E-state index in [2.05, 4.69) is 25.9 Å². The molecule has 38 heavy (non-hydrogen) atoms. The zero-order chi connectivity index (χ0) is 27.1. The average molecular weight is 535 g/mol. The van der Waals surface area contributed by atoms with Gasteiger partial charge in [0, 0.05) is 35.4 Å². The van der Waals surface area contributed by atoms with Gasteiger partial charge in [0.15, 0.2) is 0 Å². The second kappa shape index (κ2) is 12.5. The Kier molecular flexibility index (Phi) is 8.91. The number of nitrogens with one attached hydrogen (secondary N) is 4. The van der Waals surface area contributed by atoms with E-state index in [9.17, 15) is 9.59 Å². The molecule has 3 aromatic rings. The maximum atomic E-state index is 13.1. The Morgan fingerprint density at radius 3 is 2.47 bits per heavy atom. The molecule has 198 valence electrons. The normalized spacial score (nSPS) is 14.5. The molecular weight excluding hydrogens is 504 g/mol. The van der Waals surface area contributed by atoms with Gasteiger partial charge in [-0.2, -0.15) is 4.98 Å². The van der Waals surface area contributed by atoms with E-state index in [4.69, 9.17) is 21.7 Å². The summed E-state index contributed by atoms with van der Waals surface area (Å²) in [5.41, 5.74) is 2.26.